The normalized spacial score (nSPS) is 18.0. The Bertz CT molecular complexity index is 646. The highest BCUT2D eigenvalue weighted by atomic mass is 16.2. The van der Waals surface area contributed by atoms with Crippen molar-refractivity contribution in [2.45, 2.75) is 32.2 Å². The molecule has 0 radical (unpaired) electrons. The third-order valence-electron chi connectivity index (χ3n) is 3.83. The van der Waals surface area contributed by atoms with Crippen molar-refractivity contribution in [1.82, 2.24) is 19.9 Å². The van der Waals surface area contributed by atoms with E-state index in [4.69, 9.17) is 0 Å². The fraction of sp³-hybridized carbons (Fsp3) is 0.375. The van der Waals surface area contributed by atoms with Crippen LogP contribution in [0.3, 0.4) is 0 Å². The van der Waals surface area contributed by atoms with Crippen LogP contribution < -0.4 is 5.32 Å². The summed E-state index contributed by atoms with van der Waals surface area (Å²) in [5, 5.41) is 3.09. The Morgan fingerprint density at radius 3 is 2.91 bits per heavy atom. The third kappa shape index (κ3) is 3.21. The number of nitrogens with one attached hydrogen (secondary N) is 1. The Hall–Kier alpha value is -2.50. The minimum Gasteiger partial charge on any atom is -0.334 e. The van der Waals surface area contributed by atoms with E-state index >= 15 is 0 Å². The SMILES string of the molecule is CC(=O)N1CCCC[C@H]1c1ccnc(Nc2ccccn2)n1. The van der Waals surface area contributed by atoms with E-state index in [1.165, 1.54) is 0 Å². The number of nitrogens with zero attached hydrogens (tertiary/aromatic N) is 4. The van der Waals surface area contributed by atoms with E-state index in [9.17, 15) is 4.79 Å². The summed E-state index contributed by atoms with van der Waals surface area (Å²) in [6, 6.07) is 7.54. The van der Waals surface area contributed by atoms with Gasteiger partial charge in [0.2, 0.25) is 11.9 Å². The van der Waals surface area contributed by atoms with Crippen LogP contribution in [0.4, 0.5) is 11.8 Å². The summed E-state index contributed by atoms with van der Waals surface area (Å²) in [6.07, 6.45) is 6.55. The van der Waals surface area contributed by atoms with Gasteiger partial charge in [-0.15, -0.1) is 0 Å². The number of anilines is 2. The molecule has 0 aromatic carbocycles. The van der Waals surface area contributed by atoms with Crippen LogP contribution in [0.1, 0.15) is 37.9 Å². The number of pyridine rings is 1. The molecule has 0 bridgehead atoms. The summed E-state index contributed by atoms with van der Waals surface area (Å²) in [6.45, 7) is 2.42. The number of likely N-dealkylation sites (tertiary alicyclic amines) is 1. The molecular formula is C16H19N5O. The molecule has 1 aliphatic heterocycles. The highest BCUT2D eigenvalue weighted by Crippen LogP contribution is 2.30. The molecule has 0 unspecified atom stereocenters. The number of aromatic nitrogens is 3. The summed E-state index contributed by atoms with van der Waals surface area (Å²) >= 11 is 0. The molecule has 1 atom stereocenters. The molecule has 6 nitrogen and oxygen atoms in total. The maximum absolute atomic E-state index is 11.8. The van der Waals surface area contributed by atoms with Crippen molar-refractivity contribution >= 4 is 17.7 Å². The second-order valence-corrected chi connectivity index (χ2v) is 5.37. The van der Waals surface area contributed by atoms with Crippen molar-refractivity contribution in [3.8, 4) is 0 Å². The smallest absolute Gasteiger partial charge is 0.228 e. The molecule has 1 fully saturated rings. The van der Waals surface area contributed by atoms with E-state index in [2.05, 4.69) is 20.3 Å². The van der Waals surface area contributed by atoms with Gasteiger partial charge in [-0.05, 0) is 37.5 Å². The van der Waals surface area contributed by atoms with Crippen molar-refractivity contribution < 1.29 is 4.79 Å². The second-order valence-electron chi connectivity index (χ2n) is 5.37. The van der Waals surface area contributed by atoms with E-state index in [0.29, 0.717) is 11.8 Å². The molecule has 1 aliphatic rings. The van der Waals surface area contributed by atoms with Gasteiger partial charge in [0.25, 0.3) is 0 Å². The first-order chi connectivity index (χ1) is 10.7. The van der Waals surface area contributed by atoms with Gasteiger partial charge in [-0.2, -0.15) is 0 Å². The van der Waals surface area contributed by atoms with Gasteiger partial charge >= 0.3 is 0 Å². The van der Waals surface area contributed by atoms with Crippen molar-refractivity contribution in [3.63, 3.8) is 0 Å². The lowest BCUT2D eigenvalue weighted by Gasteiger charge is -2.34. The minimum atomic E-state index is 0.0403. The molecule has 0 spiro atoms. The molecule has 0 aliphatic carbocycles. The summed E-state index contributed by atoms with van der Waals surface area (Å²) in [5.41, 5.74) is 0.878. The van der Waals surface area contributed by atoms with Crippen LogP contribution in [-0.2, 0) is 4.79 Å². The molecule has 3 heterocycles. The van der Waals surface area contributed by atoms with Crippen LogP contribution in [0, 0.1) is 0 Å². The van der Waals surface area contributed by atoms with Gasteiger partial charge in [-0.25, -0.2) is 15.0 Å². The Balaban J connectivity index is 1.82. The molecule has 0 saturated carbocycles. The summed E-state index contributed by atoms with van der Waals surface area (Å²) in [5.74, 6) is 1.31. The highest BCUT2D eigenvalue weighted by molar-refractivity contribution is 5.73. The lowest BCUT2D eigenvalue weighted by molar-refractivity contribution is -0.132. The zero-order valence-electron chi connectivity index (χ0n) is 12.6. The number of carbonyl (C=O) groups is 1. The Morgan fingerprint density at radius 1 is 1.23 bits per heavy atom. The van der Waals surface area contributed by atoms with Crippen LogP contribution in [-0.4, -0.2) is 32.3 Å². The topological polar surface area (TPSA) is 71.0 Å². The van der Waals surface area contributed by atoms with E-state index < -0.39 is 0 Å². The molecule has 1 N–H and O–H groups in total. The first-order valence-corrected chi connectivity index (χ1v) is 7.52. The van der Waals surface area contributed by atoms with Crippen molar-refractivity contribution in [3.05, 3.63) is 42.4 Å². The Labute approximate surface area is 129 Å². The quantitative estimate of drug-likeness (QED) is 0.943. The molecule has 1 saturated heterocycles. The minimum absolute atomic E-state index is 0.0403. The standard InChI is InChI=1S/C16H19N5O/c1-12(22)21-11-5-3-6-14(21)13-8-10-18-16(19-13)20-15-7-2-4-9-17-15/h2,4,7-10,14H,3,5-6,11H2,1H3,(H,17,18,19,20)/t14-/m0/s1. The first-order valence-electron chi connectivity index (χ1n) is 7.52. The van der Waals surface area contributed by atoms with Gasteiger partial charge in [0.1, 0.15) is 5.82 Å². The number of hydrogen-bond donors (Lipinski definition) is 1. The Kier molecular flexibility index (Phi) is 4.27. The maximum Gasteiger partial charge on any atom is 0.228 e. The molecule has 1 amide bonds. The van der Waals surface area contributed by atoms with Gasteiger partial charge in [-0.1, -0.05) is 6.07 Å². The lowest BCUT2D eigenvalue weighted by atomic mass is 9.99. The summed E-state index contributed by atoms with van der Waals surface area (Å²) < 4.78 is 0. The van der Waals surface area contributed by atoms with Gasteiger partial charge in [-0.3, -0.25) is 4.79 Å². The number of amides is 1. The molecular weight excluding hydrogens is 278 g/mol. The number of carbonyl (C=O) groups excluding carboxylic acids is 1. The average Bonchev–Trinajstić information content (AvgIpc) is 2.56. The Morgan fingerprint density at radius 2 is 2.14 bits per heavy atom. The first kappa shape index (κ1) is 14.4. The van der Waals surface area contributed by atoms with Crippen LogP contribution >= 0.6 is 0 Å². The number of hydrogen-bond acceptors (Lipinski definition) is 5. The van der Waals surface area contributed by atoms with Crippen LogP contribution in [0.25, 0.3) is 0 Å². The van der Waals surface area contributed by atoms with E-state index in [-0.39, 0.29) is 11.9 Å². The molecule has 2 aromatic rings. The molecule has 2 aromatic heterocycles. The van der Waals surface area contributed by atoms with Crippen molar-refractivity contribution in [2.24, 2.45) is 0 Å². The van der Waals surface area contributed by atoms with E-state index in [1.54, 1.807) is 19.3 Å². The van der Waals surface area contributed by atoms with E-state index in [0.717, 1.165) is 31.5 Å². The molecule has 22 heavy (non-hydrogen) atoms. The van der Waals surface area contributed by atoms with Crippen molar-refractivity contribution in [2.75, 3.05) is 11.9 Å². The molecule has 3 rings (SSSR count). The van der Waals surface area contributed by atoms with E-state index in [1.807, 2.05) is 29.2 Å². The van der Waals surface area contributed by atoms with Gasteiger partial charge < -0.3 is 10.2 Å². The maximum atomic E-state index is 11.8. The lowest BCUT2D eigenvalue weighted by Crippen LogP contribution is -2.37. The fourth-order valence-electron chi connectivity index (χ4n) is 2.79. The predicted octanol–water partition coefficient (Wildman–Crippen LogP) is 2.69. The molecule has 114 valence electrons. The zero-order chi connectivity index (χ0) is 15.4. The highest BCUT2D eigenvalue weighted by Gasteiger charge is 2.27. The second kappa shape index (κ2) is 6.51. The average molecular weight is 297 g/mol. The number of piperidine rings is 1. The third-order valence-corrected chi connectivity index (χ3v) is 3.83. The molecule has 6 heteroatoms. The van der Waals surface area contributed by atoms with Gasteiger partial charge in [0, 0.05) is 25.9 Å². The van der Waals surface area contributed by atoms with Gasteiger partial charge in [0.05, 0.1) is 11.7 Å². The van der Waals surface area contributed by atoms with Crippen LogP contribution in [0.2, 0.25) is 0 Å². The van der Waals surface area contributed by atoms with Crippen LogP contribution in [0.5, 0.6) is 0 Å². The largest absolute Gasteiger partial charge is 0.334 e. The van der Waals surface area contributed by atoms with Crippen LogP contribution in [0.15, 0.2) is 36.7 Å². The zero-order valence-corrected chi connectivity index (χ0v) is 12.6. The number of rotatable bonds is 3. The van der Waals surface area contributed by atoms with Crippen molar-refractivity contribution in [1.29, 1.82) is 0 Å². The van der Waals surface area contributed by atoms with Gasteiger partial charge in [0.15, 0.2) is 0 Å². The fourth-order valence-corrected chi connectivity index (χ4v) is 2.79. The predicted molar refractivity (Wildman–Crippen MR) is 83.5 cm³/mol. The monoisotopic (exact) mass is 297 g/mol. The summed E-state index contributed by atoms with van der Waals surface area (Å²) in [4.78, 5) is 26.7. The summed E-state index contributed by atoms with van der Waals surface area (Å²) in [7, 11) is 0.